The third kappa shape index (κ3) is 3.24. The van der Waals surface area contributed by atoms with E-state index in [0.29, 0.717) is 32.8 Å². The number of rotatable bonds is 5. The SMILES string of the molecule is COCCn1cc(C(=O)N2CCOC(CN)C2)c2ccccc21. The van der Waals surface area contributed by atoms with Crippen molar-refractivity contribution in [3.63, 3.8) is 0 Å². The third-order valence-corrected chi connectivity index (χ3v) is 4.24. The molecule has 0 aliphatic carbocycles. The highest BCUT2D eigenvalue weighted by molar-refractivity contribution is 6.07. The Morgan fingerprint density at radius 2 is 2.26 bits per heavy atom. The monoisotopic (exact) mass is 317 g/mol. The molecule has 1 unspecified atom stereocenters. The van der Waals surface area contributed by atoms with Gasteiger partial charge in [0.25, 0.3) is 5.91 Å². The van der Waals surface area contributed by atoms with Crippen molar-refractivity contribution >= 4 is 16.8 Å². The van der Waals surface area contributed by atoms with Gasteiger partial charge in [-0.2, -0.15) is 0 Å². The fourth-order valence-corrected chi connectivity index (χ4v) is 3.01. The third-order valence-electron chi connectivity index (χ3n) is 4.24. The molecular weight excluding hydrogens is 294 g/mol. The predicted molar refractivity (Wildman–Crippen MR) is 88.5 cm³/mol. The number of methoxy groups -OCH3 is 1. The zero-order chi connectivity index (χ0) is 16.2. The second kappa shape index (κ2) is 7.12. The molecule has 1 aliphatic heterocycles. The molecule has 6 heteroatoms. The van der Waals surface area contributed by atoms with Gasteiger partial charge in [0.05, 0.1) is 24.9 Å². The van der Waals surface area contributed by atoms with Crippen LogP contribution in [0.1, 0.15) is 10.4 Å². The summed E-state index contributed by atoms with van der Waals surface area (Å²) in [4.78, 5) is 14.8. The summed E-state index contributed by atoms with van der Waals surface area (Å²) in [5.74, 6) is 0.0408. The van der Waals surface area contributed by atoms with E-state index in [4.69, 9.17) is 15.2 Å². The normalized spacial score (nSPS) is 18.5. The van der Waals surface area contributed by atoms with Crippen molar-refractivity contribution in [1.29, 1.82) is 0 Å². The van der Waals surface area contributed by atoms with Gasteiger partial charge in [-0.05, 0) is 6.07 Å². The lowest BCUT2D eigenvalue weighted by Crippen LogP contribution is -2.48. The van der Waals surface area contributed by atoms with Crippen LogP contribution in [0.3, 0.4) is 0 Å². The van der Waals surface area contributed by atoms with E-state index in [1.165, 1.54) is 0 Å². The molecule has 2 heterocycles. The van der Waals surface area contributed by atoms with E-state index in [2.05, 4.69) is 4.57 Å². The fourth-order valence-electron chi connectivity index (χ4n) is 3.01. The van der Waals surface area contributed by atoms with Gasteiger partial charge in [0.15, 0.2) is 0 Å². The largest absolute Gasteiger partial charge is 0.383 e. The number of para-hydroxylation sites is 1. The van der Waals surface area contributed by atoms with Gasteiger partial charge in [-0.1, -0.05) is 18.2 Å². The van der Waals surface area contributed by atoms with Crippen molar-refractivity contribution in [3.05, 3.63) is 36.0 Å². The van der Waals surface area contributed by atoms with Crippen LogP contribution in [0.5, 0.6) is 0 Å². The molecule has 1 fully saturated rings. The Bertz CT molecular complexity index is 683. The minimum Gasteiger partial charge on any atom is -0.383 e. The van der Waals surface area contributed by atoms with Crippen LogP contribution in [0.15, 0.2) is 30.5 Å². The maximum Gasteiger partial charge on any atom is 0.256 e. The molecular formula is C17H23N3O3. The number of nitrogens with two attached hydrogens (primary N) is 1. The molecule has 0 radical (unpaired) electrons. The number of aromatic nitrogens is 1. The second-order valence-electron chi connectivity index (χ2n) is 5.73. The highest BCUT2D eigenvalue weighted by Crippen LogP contribution is 2.23. The molecule has 0 spiro atoms. The van der Waals surface area contributed by atoms with Crippen molar-refractivity contribution in [1.82, 2.24) is 9.47 Å². The number of benzene rings is 1. The molecule has 0 saturated carbocycles. The zero-order valence-electron chi connectivity index (χ0n) is 13.4. The van der Waals surface area contributed by atoms with Crippen LogP contribution in [-0.2, 0) is 16.0 Å². The molecule has 1 saturated heterocycles. The molecule has 23 heavy (non-hydrogen) atoms. The van der Waals surface area contributed by atoms with Gasteiger partial charge >= 0.3 is 0 Å². The average molecular weight is 317 g/mol. The number of carbonyl (C=O) groups excluding carboxylic acids is 1. The Balaban J connectivity index is 1.90. The second-order valence-corrected chi connectivity index (χ2v) is 5.73. The van der Waals surface area contributed by atoms with Gasteiger partial charge in [-0.3, -0.25) is 4.79 Å². The predicted octanol–water partition coefficient (Wildman–Crippen LogP) is 1.09. The molecule has 2 aromatic rings. The van der Waals surface area contributed by atoms with Gasteiger partial charge in [0, 0.05) is 50.4 Å². The summed E-state index contributed by atoms with van der Waals surface area (Å²) in [6, 6.07) is 7.97. The molecule has 1 atom stereocenters. The maximum atomic E-state index is 12.9. The first-order valence-corrected chi connectivity index (χ1v) is 7.92. The number of hydrogen-bond donors (Lipinski definition) is 1. The summed E-state index contributed by atoms with van der Waals surface area (Å²) in [5, 5.41) is 0.976. The fraction of sp³-hybridized carbons (Fsp3) is 0.471. The smallest absolute Gasteiger partial charge is 0.256 e. The van der Waals surface area contributed by atoms with Crippen LogP contribution in [0.2, 0.25) is 0 Å². The zero-order valence-corrected chi connectivity index (χ0v) is 13.4. The molecule has 1 aromatic carbocycles. The van der Waals surface area contributed by atoms with E-state index in [0.717, 1.165) is 23.0 Å². The minimum atomic E-state index is -0.0745. The first kappa shape index (κ1) is 16.0. The lowest BCUT2D eigenvalue weighted by atomic mass is 10.1. The number of ether oxygens (including phenoxy) is 2. The number of carbonyl (C=O) groups is 1. The van der Waals surface area contributed by atoms with Crippen molar-refractivity contribution in [2.24, 2.45) is 5.73 Å². The average Bonchev–Trinajstić information content (AvgIpc) is 2.98. The minimum absolute atomic E-state index is 0.0408. The van der Waals surface area contributed by atoms with Crippen LogP contribution in [-0.4, -0.2) is 61.4 Å². The Labute approximate surface area is 135 Å². The molecule has 1 aliphatic rings. The molecule has 0 bridgehead atoms. The quantitative estimate of drug-likeness (QED) is 0.896. The standard InChI is InChI=1S/C17H23N3O3/c1-22-8-6-19-12-15(14-4-2-3-5-16(14)19)17(21)20-7-9-23-13(10-18)11-20/h2-5,12-13H,6-11,18H2,1H3. The number of hydrogen-bond acceptors (Lipinski definition) is 4. The lowest BCUT2D eigenvalue weighted by molar-refractivity contribution is -0.0166. The van der Waals surface area contributed by atoms with E-state index >= 15 is 0 Å². The maximum absolute atomic E-state index is 12.9. The lowest BCUT2D eigenvalue weighted by Gasteiger charge is -2.32. The van der Waals surface area contributed by atoms with E-state index in [1.54, 1.807) is 7.11 Å². The van der Waals surface area contributed by atoms with Crippen LogP contribution in [0.4, 0.5) is 0 Å². The van der Waals surface area contributed by atoms with Gasteiger partial charge in [-0.15, -0.1) is 0 Å². The molecule has 2 N–H and O–H groups in total. The number of amides is 1. The molecule has 6 nitrogen and oxygen atoms in total. The van der Waals surface area contributed by atoms with Crippen LogP contribution in [0, 0.1) is 0 Å². The summed E-state index contributed by atoms with van der Waals surface area (Å²) in [5.41, 5.74) is 7.46. The summed E-state index contributed by atoms with van der Waals surface area (Å²) in [6.07, 6.45) is 1.86. The van der Waals surface area contributed by atoms with E-state index in [1.807, 2.05) is 35.4 Å². The number of nitrogens with zero attached hydrogens (tertiary/aromatic N) is 2. The van der Waals surface area contributed by atoms with Gasteiger partial charge < -0.3 is 24.7 Å². The van der Waals surface area contributed by atoms with Gasteiger partial charge in [0.2, 0.25) is 0 Å². The van der Waals surface area contributed by atoms with Crippen molar-refractivity contribution in [2.75, 3.05) is 40.0 Å². The topological polar surface area (TPSA) is 69.7 Å². The molecule has 124 valence electrons. The van der Waals surface area contributed by atoms with Gasteiger partial charge in [-0.25, -0.2) is 0 Å². The Hall–Kier alpha value is -1.89. The first-order valence-electron chi connectivity index (χ1n) is 7.92. The summed E-state index contributed by atoms with van der Waals surface area (Å²) >= 11 is 0. The Kier molecular flexibility index (Phi) is 4.95. The van der Waals surface area contributed by atoms with E-state index in [-0.39, 0.29) is 12.0 Å². The van der Waals surface area contributed by atoms with Crippen molar-refractivity contribution in [3.8, 4) is 0 Å². The van der Waals surface area contributed by atoms with E-state index in [9.17, 15) is 4.79 Å². The molecule has 1 amide bonds. The Morgan fingerprint density at radius 1 is 1.43 bits per heavy atom. The van der Waals surface area contributed by atoms with E-state index < -0.39 is 0 Å². The van der Waals surface area contributed by atoms with Crippen LogP contribution in [0.25, 0.3) is 10.9 Å². The van der Waals surface area contributed by atoms with Crippen molar-refractivity contribution in [2.45, 2.75) is 12.6 Å². The first-order chi connectivity index (χ1) is 11.2. The highest BCUT2D eigenvalue weighted by Gasteiger charge is 2.26. The van der Waals surface area contributed by atoms with Crippen molar-refractivity contribution < 1.29 is 14.3 Å². The van der Waals surface area contributed by atoms with Crippen LogP contribution < -0.4 is 5.73 Å². The Morgan fingerprint density at radius 3 is 3.04 bits per heavy atom. The summed E-state index contributed by atoms with van der Waals surface area (Å²) in [6.45, 7) is 3.45. The highest BCUT2D eigenvalue weighted by atomic mass is 16.5. The van der Waals surface area contributed by atoms with Crippen LogP contribution >= 0.6 is 0 Å². The number of fused-ring (bicyclic) bond motifs is 1. The molecule has 1 aromatic heterocycles. The summed E-state index contributed by atoms with van der Waals surface area (Å²) < 4.78 is 12.8. The van der Waals surface area contributed by atoms with Gasteiger partial charge in [0.1, 0.15) is 0 Å². The molecule has 3 rings (SSSR count). The summed E-state index contributed by atoms with van der Waals surface area (Å²) in [7, 11) is 1.68. The number of morpholine rings is 1.